The third-order valence-corrected chi connectivity index (χ3v) is 5.21. The Morgan fingerprint density at radius 2 is 1.88 bits per heavy atom. The molecule has 0 spiro atoms. The summed E-state index contributed by atoms with van der Waals surface area (Å²) >= 11 is 0. The van der Waals surface area contributed by atoms with Crippen LogP contribution in [0.2, 0.25) is 0 Å². The first-order chi connectivity index (χ1) is 12.5. The van der Waals surface area contributed by atoms with E-state index >= 15 is 0 Å². The number of hydrogen-bond donors (Lipinski definition) is 1. The molecule has 1 saturated heterocycles. The Balaban J connectivity index is 1.48. The number of carbonyl (C=O) groups is 2. The molecule has 1 aromatic carbocycles. The molecule has 0 radical (unpaired) electrons. The molecule has 1 N–H and O–H groups in total. The summed E-state index contributed by atoms with van der Waals surface area (Å²) < 4.78 is 13.5. The quantitative estimate of drug-likeness (QED) is 0.921. The van der Waals surface area contributed by atoms with Crippen LogP contribution in [0.4, 0.5) is 4.39 Å². The molecule has 0 atom stereocenters. The second kappa shape index (κ2) is 6.67. The highest BCUT2D eigenvalue weighted by Gasteiger charge is 2.32. The maximum absolute atomic E-state index is 13.5. The molecule has 6 heteroatoms. The maximum atomic E-state index is 13.5. The van der Waals surface area contributed by atoms with Crippen LogP contribution >= 0.6 is 0 Å². The van der Waals surface area contributed by atoms with E-state index in [2.05, 4.69) is 10.3 Å². The van der Waals surface area contributed by atoms with Crippen molar-refractivity contribution in [1.82, 2.24) is 15.2 Å². The van der Waals surface area contributed by atoms with Gasteiger partial charge in [-0.25, -0.2) is 4.39 Å². The van der Waals surface area contributed by atoms with E-state index in [1.165, 1.54) is 12.1 Å². The van der Waals surface area contributed by atoms with Crippen molar-refractivity contribution in [3.05, 3.63) is 41.3 Å². The lowest BCUT2D eigenvalue weighted by molar-refractivity contribution is -0.123. The lowest BCUT2D eigenvalue weighted by Crippen LogP contribution is -2.47. The van der Waals surface area contributed by atoms with Crippen LogP contribution in [0.5, 0.6) is 0 Å². The van der Waals surface area contributed by atoms with Gasteiger partial charge in [0, 0.05) is 42.2 Å². The van der Waals surface area contributed by atoms with Crippen LogP contribution in [0, 0.1) is 18.7 Å². The summed E-state index contributed by atoms with van der Waals surface area (Å²) in [5, 5.41) is 3.77. The number of halogens is 1. The molecule has 2 aromatic rings. The van der Waals surface area contributed by atoms with Gasteiger partial charge in [-0.1, -0.05) is 0 Å². The third kappa shape index (κ3) is 3.41. The summed E-state index contributed by atoms with van der Waals surface area (Å²) in [6.45, 7) is 3.03. The van der Waals surface area contributed by atoms with E-state index in [1.807, 2.05) is 4.90 Å². The fourth-order valence-electron chi connectivity index (χ4n) is 3.57. The predicted octanol–water partition coefficient (Wildman–Crippen LogP) is 2.81. The van der Waals surface area contributed by atoms with Crippen LogP contribution in [0.3, 0.4) is 0 Å². The molecular weight excluding hydrogens is 333 g/mol. The summed E-state index contributed by atoms with van der Waals surface area (Å²) in [7, 11) is 0. The van der Waals surface area contributed by atoms with E-state index in [0.717, 1.165) is 25.7 Å². The number of piperidine rings is 1. The van der Waals surface area contributed by atoms with Gasteiger partial charge >= 0.3 is 0 Å². The molecule has 2 amide bonds. The number of aryl methyl sites for hydroxylation is 1. The van der Waals surface area contributed by atoms with E-state index in [1.54, 1.807) is 19.1 Å². The van der Waals surface area contributed by atoms with Gasteiger partial charge in [0.2, 0.25) is 5.91 Å². The molecule has 4 rings (SSSR count). The molecule has 1 aromatic heterocycles. The summed E-state index contributed by atoms with van der Waals surface area (Å²) in [5.41, 5.74) is 1.76. The van der Waals surface area contributed by atoms with Gasteiger partial charge in [-0.3, -0.25) is 14.6 Å². The van der Waals surface area contributed by atoms with Crippen molar-refractivity contribution in [3.63, 3.8) is 0 Å². The van der Waals surface area contributed by atoms with E-state index in [9.17, 15) is 14.0 Å². The van der Waals surface area contributed by atoms with Crippen molar-refractivity contribution in [3.8, 4) is 0 Å². The predicted molar refractivity (Wildman–Crippen MR) is 96.2 cm³/mol. The fraction of sp³-hybridized carbons (Fsp3) is 0.450. The highest BCUT2D eigenvalue weighted by molar-refractivity contribution is 6.06. The van der Waals surface area contributed by atoms with Gasteiger partial charge in [0.1, 0.15) is 5.82 Å². The Bertz CT molecular complexity index is 865. The van der Waals surface area contributed by atoms with Gasteiger partial charge in [-0.2, -0.15) is 0 Å². The van der Waals surface area contributed by atoms with E-state index in [0.29, 0.717) is 35.2 Å². The van der Waals surface area contributed by atoms with Crippen LogP contribution in [-0.2, 0) is 4.79 Å². The zero-order valence-corrected chi connectivity index (χ0v) is 14.8. The standard InChI is InChI=1S/C20H22FN3O2/c1-12-10-17(16-5-4-14(21)11-18(16)22-12)20(26)24-8-6-15(7-9-24)23-19(25)13-2-3-13/h4-5,10-11,13,15H,2-3,6-9H2,1H3,(H,23,25). The van der Waals surface area contributed by atoms with Gasteiger partial charge in [0.15, 0.2) is 0 Å². The number of carbonyl (C=O) groups excluding carboxylic acids is 2. The maximum Gasteiger partial charge on any atom is 0.254 e. The first-order valence-electron chi connectivity index (χ1n) is 9.18. The van der Waals surface area contributed by atoms with Crippen LogP contribution in [0.15, 0.2) is 24.3 Å². The first-order valence-corrected chi connectivity index (χ1v) is 9.18. The van der Waals surface area contributed by atoms with Crippen molar-refractivity contribution in [2.24, 2.45) is 5.92 Å². The summed E-state index contributed by atoms with van der Waals surface area (Å²) in [5.74, 6) is -0.0472. The number of benzene rings is 1. The molecule has 0 bridgehead atoms. The zero-order chi connectivity index (χ0) is 18.3. The minimum Gasteiger partial charge on any atom is -0.353 e. The minimum atomic E-state index is -0.360. The molecule has 1 saturated carbocycles. The number of fused-ring (bicyclic) bond motifs is 1. The molecule has 5 nitrogen and oxygen atoms in total. The van der Waals surface area contributed by atoms with Crippen molar-refractivity contribution >= 4 is 22.7 Å². The van der Waals surface area contributed by atoms with Gasteiger partial charge in [0.05, 0.1) is 11.1 Å². The number of likely N-dealkylation sites (tertiary alicyclic amines) is 1. The molecule has 136 valence electrons. The van der Waals surface area contributed by atoms with Crippen molar-refractivity contribution in [2.75, 3.05) is 13.1 Å². The number of nitrogens with zero attached hydrogens (tertiary/aromatic N) is 2. The van der Waals surface area contributed by atoms with Crippen LogP contribution < -0.4 is 5.32 Å². The van der Waals surface area contributed by atoms with Crippen LogP contribution in [0.1, 0.15) is 41.7 Å². The average Bonchev–Trinajstić information content (AvgIpc) is 3.46. The highest BCUT2D eigenvalue weighted by Crippen LogP contribution is 2.29. The van der Waals surface area contributed by atoms with Gasteiger partial charge in [0.25, 0.3) is 5.91 Å². The average molecular weight is 355 g/mol. The summed E-state index contributed by atoms with van der Waals surface area (Å²) in [6, 6.07) is 6.25. The zero-order valence-electron chi connectivity index (χ0n) is 14.8. The number of aromatic nitrogens is 1. The SMILES string of the molecule is Cc1cc(C(=O)N2CCC(NC(=O)C3CC3)CC2)c2ccc(F)cc2n1. The Morgan fingerprint density at radius 1 is 1.15 bits per heavy atom. The largest absolute Gasteiger partial charge is 0.353 e. The number of pyridine rings is 1. The number of hydrogen-bond acceptors (Lipinski definition) is 3. The first kappa shape index (κ1) is 16.9. The van der Waals surface area contributed by atoms with Gasteiger partial charge in [-0.15, -0.1) is 0 Å². The Kier molecular flexibility index (Phi) is 4.34. The van der Waals surface area contributed by atoms with Crippen molar-refractivity contribution in [2.45, 2.75) is 38.6 Å². The molecule has 2 fully saturated rings. The normalized spacial score (nSPS) is 18.2. The van der Waals surface area contributed by atoms with Crippen LogP contribution in [0.25, 0.3) is 10.9 Å². The second-order valence-electron chi connectivity index (χ2n) is 7.32. The van der Waals surface area contributed by atoms with E-state index < -0.39 is 0 Å². The van der Waals surface area contributed by atoms with Crippen molar-refractivity contribution in [1.29, 1.82) is 0 Å². The molecule has 2 aliphatic rings. The number of rotatable bonds is 3. The Morgan fingerprint density at radius 3 is 2.58 bits per heavy atom. The van der Waals surface area contributed by atoms with E-state index in [-0.39, 0.29) is 29.6 Å². The summed E-state index contributed by atoms with van der Waals surface area (Å²) in [6.07, 6.45) is 3.53. The molecule has 2 heterocycles. The smallest absolute Gasteiger partial charge is 0.254 e. The molecule has 26 heavy (non-hydrogen) atoms. The molecular formula is C20H22FN3O2. The monoisotopic (exact) mass is 355 g/mol. The lowest BCUT2D eigenvalue weighted by Gasteiger charge is -2.32. The minimum absolute atomic E-state index is 0.0564. The molecule has 0 unspecified atom stereocenters. The Labute approximate surface area is 151 Å². The fourth-order valence-corrected chi connectivity index (χ4v) is 3.57. The Hall–Kier alpha value is -2.50. The second-order valence-corrected chi connectivity index (χ2v) is 7.32. The molecule has 1 aliphatic heterocycles. The summed E-state index contributed by atoms with van der Waals surface area (Å²) in [4.78, 5) is 31.1. The van der Waals surface area contributed by atoms with Crippen molar-refractivity contribution < 1.29 is 14.0 Å². The van der Waals surface area contributed by atoms with Gasteiger partial charge < -0.3 is 10.2 Å². The highest BCUT2D eigenvalue weighted by atomic mass is 19.1. The van der Waals surface area contributed by atoms with Gasteiger partial charge in [-0.05, 0) is 50.8 Å². The molecule has 1 aliphatic carbocycles. The number of amides is 2. The number of nitrogens with one attached hydrogen (secondary N) is 1. The lowest BCUT2D eigenvalue weighted by atomic mass is 10.0. The third-order valence-electron chi connectivity index (χ3n) is 5.21. The van der Waals surface area contributed by atoms with Crippen LogP contribution in [-0.4, -0.2) is 40.8 Å². The van der Waals surface area contributed by atoms with E-state index in [4.69, 9.17) is 0 Å². The topological polar surface area (TPSA) is 62.3 Å².